The average Bonchev–Trinajstić information content (AvgIpc) is 3.23. The van der Waals surface area contributed by atoms with Crippen LogP contribution in [-0.2, 0) is 28.7 Å². The Bertz CT molecular complexity index is 906. The minimum absolute atomic E-state index is 0.171. The number of phenolic OH excluding ortho intramolecular Hbond substituents is 1. The number of carbonyl (C=O) groups excluding carboxylic acids is 2. The zero-order valence-corrected chi connectivity index (χ0v) is 18.9. The fraction of sp³-hybridized carbons (Fsp3) is 0.478. The highest BCUT2D eigenvalue weighted by Crippen LogP contribution is 2.36. The molecule has 0 radical (unpaired) electrons. The summed E-state index contributed by atoms with van der Waals surface area (Å²) < 4.78 is 10.5. The number of hydrogen-bond acceptors (Lipinski definition) is 10. The number of rotatable bonds is 9. The summed E-state index contributed by atoms with van der Waals surface area (Å²) in [7, 11) is 0. The number of carboxylic acids is 2. The molecule has 192 valence electrons. The van der Waals surface area contributed by atoms with Crippen molar-refractivity contribution in [1.82, 2.24) is 4.90 Å². The lowest BCUT2D eigenvalue weighted by molar-refractivity contribution is -0.165. The summed E-state index contributed by atoms with van der Waals surface area (Å²) in [5, 5.41) is 41.8. The Balaban J connectivity index is 0.000000367. The van der Waals surface area contributed by atoms with Gasteiger partial charge in [0.2, 0.25) is 0 Å². The number of phenols is 1. The summed E-state index contributed by atoms with van der Waals surface area (Å²) in [6.07, 6.45) is -0.517. The molecule has 2 aliphatic heterocycles. The van der Waals surface area contributed by atoms with Gasteiger partial charge in [0, 0.05) is 19.5 Å². The number of ketones is 1. The van der Waals surface area contributed by atoms with Crippen molar-refractivity contribution in [3.63, 3.8) is 0 Å². The second-order valence-electron chi connectivity index (χ2n) is 8.03. The first-order valence-electron chi connectivity index (χ1n) is 10.9. The Hall–Kier alpha value is -3.32. The van der Waals surface area contributed by atoms with Crippen LogP contribution >= 0.6 is 0 Å². The SMILES string of the molecule is O=C(/C=C/c1ccc(O)cc1)C1(CCN2CCOCC2)CCOC1=O.O=C(O)C(O)C(O)C(=O)O. The minimum atomic E-state index is -2.27. The van der Waals surface area contributed by atoms with Crippen LogP contribution in [0.25, 0.3) is 6.08 Å². The molecule has 2 saturated heterocycles. The summed E-state index contributed by atoms with van der Waals surface area (Å²) in [6.45, 7) is 3.99. The largest absolute Gasteiger partial charge is 0.508 e. The van der Waals surface area contributed by atoms with E-state index in [1.807, 2.05) is 0 Å². The van der Waals surface area contributed by atoms with Crippen molar-refractivity contribution in [3.05, 3.63) is 35.9 Å². The molecule has 0 amide bonds. The van der Waals surface area contributed by atoms with E-state index < -0.39 is 35.5 Å². The van der Waals surface area contributed by atoms with Gasteiger partial charge in [-0.05, 0) is 36.7 Å². The van der Waals surface area contributed by atoms with Gasteiger partial charge in [-0.15, -0.1) is 0 Å². The lowest BCUT2D eigenvalue weighted by atomic mass is 9.78. The van der Waals surface area contributed by atoms with Gasteiger partial charge in [-0.3, -0.25) is 14.5 Å². The number of aliphatic hydroxyl groups excluding tert-OH is 2. The quantitative estimate of drug-likeness (QED) is 0.168. The molecule has 0 saturated carbocycles. The Kier molecular flexibility index (Phi) is 10.3. The molecule has 5 N–H and O–H groups in total. The van der Waals surface area contributed by atoms with E-state index >= 15 is 0 Å². The fourth-order valence-corrected chi connectivity index (χ4v) is 3.49. The van der Waals surface area contributed by atoms with Gasteiger partial charge < -0.3 is 35.0 Å². The van der Waals surface area contributed by atoms with Crippen LogP contribution in [0.3, 0.4) is 0 Å². The molecule has 0 spiro atoms. The molecule has 12 nitrogen and oxygen atoms in total. The van der Waals surface area contributed by atoms with Crippen molar-refractivity contribution in [2.24, 2.45) is 5.41 Å². The van der Waals surface area contributed by atoms with Gasteiger partial charge in [0.1, 0.15) is 11.2 Å². The number of nitrogens with zero attached hydrogens (tertiary/aromatic N) is 1. The molecule has 2 fully saturated rings. The number of carboxylic acid groups (broad SMARTS) is 2. The summed E-state index contributed by atoms with van der Waals surface area (Å²) in [5.74, 6) is -3.99. The van der Waals surface area contributed by atoms with Crippen molar-refractivity contribution < 1.29 is 54.2 Å². The predicted octanol–water partition coefficient (Wildman–Crippen LogP) is -0.492. The molecule has 2 heterocycles. The molecule has 12 heteroatoms. The third-order valence-corrected chi connectivity index (χ3v) is 5.71. The van der Waals surface area contributed by atoms with Crippen molar-refractivity contribution in [2.75, 3.05) is 39.5 Å². The van der Waals surface area contributed by atoms with E-state index in [0.29, 0.717) is 39.2 Å². The molecule has 1 aromatic rings. The number of hydrogen-bond donors (Lipinski definition) is 5. The van der Waals surface area contributed by atoms with Crippen LogP contribution in [-0.4, -0.2) is 106 Å². The van der Waals surface area contributed by atoms with Gasteiger partial charge in [-0.1, -0.05) is 18.2 Å². The summed E-state index contributed by atoms with van der Waals surface area (Å²) in [4.78, 5) is 46.9. The fourth-order valence-electron chi connectivity index (χ4n) is 3.49. The predicted molar refractivity (Wildman–Crippen MR) is 119 cm³/mol. The van der Waals surface area contributed by atoms with E-state index in [1.54, 1.807) is 30.3 Å². The first kappa shape index (κ1) is 27.9. The number of allylic oxidation sites excluding steroid dienone is 1. The van der Waals surface area contributed by atoms with Crippen LogP contribution in [0, 0.1) is 5.41 Å². The lowest BCUT2D eigenvalue weighted by Crippen LogP contribution is -2.42. The lowest BCUT2D eigenvalue weighted by Gasteiger charge is -2.30. The number of esters is 1. The van der Waals surface area contributed by atoms with E-state index in [1.165, 1.54) is 6.08 Å². The summed E-state index contributed by atoms with van der Waals surface area (Å²) >= 11 is 0. The van der Waals surface area contributed by atoms with Crippen LogP contribution in [0.5, 0.6) is 5.75 Å². The Morgan fingerprint density at radius 2 is 1.57 bits per heavy atom. The van der Waals surface area contributed by atoms with Crippen LogP contribution in [0.1, 0.15) is 18.4 Å². The van der Waals surface area contributed by atoms with Gasteiger partial charge in [0.25, 0.3) is 0 Å². The smallest absolute Gasteiger partial charge is 0.335 e. The van der Waals surface area contributed by atoms with E-state index in [0.717, 1.165) is 18.7 Å². The standard InChI is InChI=1S/C19H23NO5.C4H6O6/c21-16-4-1-15(2-5-16)3-6-17(22)19(8-12-25-18(19)23)7-9-20-10-13-24-14-11-20;5-1(3(7)8)2(6)4(9)10/h1-6,21H,7-14H2;1-2,5-6H,(H,7,8)(H,9,10)/b6-3+;. The van der Waals surface area contributed by atoms with Gasteiger partial charge >= 0.3 is 17.9 Å². The second kappa shape index (κ2) is 13.0. The maximum absolute atomic E-state index is 12.8. The van der Waals surface area contributed by atoms with Crippen molar-refractivity contribution in [1.29, 1.82) is 0 Å². The number of carbonyl (C=O) groups is 4. The highest BCUT2D eigenvalue weighted by atomic mass is 16.5. The number of aliphatic carboxylic acids is 2. The third-order valence-electron chi connectivity index (χ3n) is 5.71. The molecule has 0 bridgehead atoms. The number of morpholine rings is 1. The zero-order valence-electron chi connectivity index (χ0n) is 18.9. The van der Waals surface area contributed by atoms with E-state index in [9.17, 15) is 24.3 Å². The van der Waals surface area contributed by atoms with E-state index in [4.69, 9.17) is 29.9 Å². The second-order valence-corrected chi connectivity index (χ2v) is 8.03. The van der Waals surface area contributed by atoms with Crippen LogP contribution in [0.4, 0.5) is 0 Å². The summed E-state index contributed by atoms with van der Waals surface area (Å²) in [5.41, 5.74) is -0.285. The van der Waals surface area contributed by atoms with Crippen LogP contribution < -0.4 is 0 Å². The highest BCUT2D eigenvalue weighted by Gasteiger charge is 2.49. The maximum Gasteiger partial charge on any atom is 0.335 e. The van der Waals surface area contributed by atoms with Crippen LogP contribution in [0.15, 0.2) is 30.3 Å². The van der Waals surface area contributed by atoms with Crippen molar-refractivity contribution in [3.8, 4) is 5.75 Å². The molecule has 1 aromatic carbocycles. The molecule has 0 aromatic heterocycles. The Morgan fingerprint density at radius 1 is 1.00 bits per heavy atom. The van der Waals surface area contributed by atoms with Gasteiger partial charge in [-0.25, -0.2) is 9.59 Å². The Morgan fingerprint density at radius 3 is 2.06 bits per heavy atom. The molecular formula is C23H29NO11. The monoisotopic (exact) mass is 495 g/mol. The first-order chi connectivity index (χ1) is 16.6. The van der Waals surface area contributed by atoms with Gasteiger partial charge in [0.05, 0.1) is 19.8 Å². The molecule has 35 heavy (non-hydrogen) atoms. The molecule has 3 unspecified atom stereocenters. The Labute approximate surface area is 201 Å². The maximum atomic E-state index is 12.8. The van der Waals surface area contributed by atoms with E-state index in [-0.39, 0.29) is 11.5 Å². The normalized spacial score (nSPS) is 22.1. The van der Waals surface area contributed by atoms with Crippen LogP contribution in [0.2, 0.25) is 0 Å². The molecule has 3 rings (SSSR count). The topological polar surface area (TPSA) is 191 Å². The number of aromatic hydroxyl groups is 1. The minimum Gasteiger partial charge on any atom is -0.508 e. The first-order valence-corrected chi connectivity index (χ1v) is 10.9. The third kappa shape index (κ3) is 7.86. The van der Waals surface area contributed by atoms with E-state index in [2.05, 4.69) is 4.90 Å². The molecule has 2 aliphatic rings. The number of cyclic esters (lactones) is 1. The summed E-state index contributed by atoms with van der Waals surface area (Å²) in [6, 6.07) is 6.54. The van der Waals surface area contributed by atoms with Crippen molar-refractivity contribution >= 4 is 29.8 Å². The number of benzene rings is 1. The molecular weight excluding hydrogens is 466 g/mol. The van der Waals surface area contributed by atoms with Gasteiger partial charge in [0.15, 0.2) is 18.0 Å². The average molecular weight is 495 g/mol. The number of aliphatic hydroxyl groups is 2. The molecule has 0 aliphatic carbocycles. The number of ether oxygens (including phenoxy) is 2. The van der Waals surface area contributed by atoms with Crippen molar-refractivity contribution in [2.45, 2.75) is 25.0 Å². The zero-order chi connectivity index (χ0) is 26.0. The molecule has 3 atom stereocenters. The highest BCUT2D eigenvalue weighted by molar-refractivity contribution is 6.11. The van der Waals surface area contributed by atoms with Gasteiger partial charge in [-0.2, -0.15) is 0 Å².